The first-order valence-corrected chi connectivity index (χ1v) is 10.1. The monoisotopic (exact) mass is 372 g/mol. The molecule has 6 heteroatoms. The van der Waals surface area contributed by atoms with E-state index in [1.54, 1.807) is 13.8 Å². The summed E-state index contributed by atoms with van der Waals surface area (Å²) < 4.78 is 28.4. The highest BCUT2D eigenvalue weighted by Crippen LogP contribution is 2.32. The molecule has 0 spiro atoms. The van der Waals surface area contributed by atoms with Crippen LogP contribution < -0.4 is 5.32 Å². The summed E-state index contributed by atoms with van der Waals surface area (Å²) in [6.07, 6.45) is 0.374. The topological polar surface area (TPSA) is 66.5 Å². The van der Waals surface area contributed by atoms with Crippen molar-refractivity contribution in [1.29, 1.82) is 0 Å². The molecule has 3 rings (SSSR count). The number of amides is 1. The van der Waals surface area contributed by atoms with Crippen molar-refractivity contribution in [1.82, 2.24) is 9.62 Å². The van der Waals surface area contributed by atoms with Crippen molar-refractivity contribution in [2.45, 2.75) is 44.7 Å². The van der Waals surface area contributed by atoms with Gasteiger partial charge in [-0.1, -0.05) is 42.0 Å². The minimum Gasteiger partial charge on any atom is -0.358 e. The van der Waals surface area contributed by atoms with Gasteiger partial charge in [0.05, 0.1) is 4.90 Å². The molecule has 5 nitrogen and oxygen atoms in total. The van der Waals surface area contributed by atoms with E-state index in [0.717, 1.165) is 16.7 Å². The van der Waals surface area contributed by atoms with Crippen LogP contribution >= 0.6 is 0 Å². The van der Waals surface area contributed by atoms with E-state index in [9.17, 15) is 13.2 Å². The number of hydrogen-bond acceptors (Lipinski definition) is 3. The van der Waals surface area contributed by atoms with Crippen LogP contribution in [0.2, 0.25) is 0 Å². The van der Waals surface area contributed by atoms with Crippen LogP contribution in [-0.2, 0) is 27.8 Å². The van der Waals surface area contributed by atoms with Gasteiger partial charge in [-0.25, -0.2) is 8.42 Å². The number of carbonyl (C=O) groups excluding carboxylic acids is 1. The maximum Gasteiger partial charge on any atom is 0.244 e. The van der Waals surface area contributed by atoms with E-state index in [0.29, 0.717) is 22.4 Å². The van der Waals surface area contributed by atoms with E-state index in [1.807, 2.05) is 43.3 Å². The molecule has 1 aliphatic heterocycles. The molecule has 0 bridgehead atoms. The molecule has 26 heavy (non-hydrogen) atoms. The van der Waals surface area contributed by atoms with Crippen LogP contribution in [0.15, 0.2) is 41.3 Å². The molecule has 1 heterocycles. The third kappa shape index (κ3) is 3.15. The highest BCUT2D eigenvalue weighted by molar-refractivity contribution is 7.89. The predicted molar refractivity (Wildman–Crippen MR) is 101 cm³/mol. The Bertz CT molecular complexity index is 944. The summed E-state index contributed by atoms with van der Waals surface area (Å²) in [6, 6.07) is 10.7. The van der Waals surface area contributed by atoms with Crippen LogP contribution in [-0.4, -0.2) is 31.7 Å². The standard InChI is InChI=1S/C20H24N2O3S/c1-13-9-14(2)19(15(3)10-13)26(24,25)22-12-17-8-6-5-7-16(17)11-18(22)20(23)21-4/h5-10,18H,11-12H2,1-4H3,(H,21,23). The number of benzene rings is 2. The Hall–Kier alpha value is -2.18. The summed E-state index contributed by atoms with van der Waals surface area (Å²) in [6.45, 7) is 5.75. The summed E-state index contributed by atoms with van der Waals surface area (Å²) in [5.74, 6) is -0.287. The first-order valence-electron chi connectivity index (χ1n) is 8.63. The van der Waals surface area contributed by atoms with E-state index in [4.69, 9.17) is 0 Å². The van der Waals surface area contributed by atoms with Gasteiger partial charge in [0, 0.05) is 13.6 Å². The van der Waals surface area contributed by atoms with Crippen molar-refractivity contribution in [2.75, 3.05) is 7.05 Å². The number of nitrogens with one attached hydrogen (secondary N) is 1. The Labute approximate surface area is 155 Å². The molecule has 1 unspecified atom stereocenters. The van der Waals surface area contributed by atoms with Gasteiger partial charge in [-0.15, -0.1) is 0 Å². The van der Waals surface area contributed by atoms with Crippen LogP contribution in [0, 0.1) is 20.8 Å². The zero-order valence-electron chi connectivity index (χ0n) is 15.5. The number of rotatable bonds is 3. The summed E-state index contributed by atoms with van der Waals surface area (Å²) in [7, 11) is -2.28. The van der Waals surface area contributed by atoms with Gasteiger partial charge in [0.1, 0.15) is 6.04 Å². The van der Waals surface area contributed by atoms with E-state index >= 15 is 0 Å². The number of nitrogens with zero attached hydrogens (tertiary/aromatic N) is 1. The molecule has 0 radical (unpaired) electrons. The van der Waals surface area contributed by atoms with Gasteiger partial charge < -0.3 is 5.32 Å². The van der Waals surface area contributed by atoms with E-state index in [-0.39, 0.29) is 12.5 Å². The lowest BCUT2D eigenvalue weighted by molar-refractivity contribution is -0.124. The number of likely N-dealkylation sites (N-methyl/N-ethyl adjacent to an activating group) is 1. The highest BCUT2D eigenvalue weighted by atomic mass is 32.2. The molecule has 1 amide bonds. The van der Waals surface area contributed by atoms with E-state index in [1.165, 1.54) is 11.4 Å². The number of sulfonamides is 1. The molecular formula is C20H24N2O3S. The van der Waals surface area contributed by atoms with Gasteiger partial charge in [0.2, 0.25) is 15.9 Å². The lowest BCUT2D eigenvalue weighted by Gasteiger charge is -2.35. The Morgan fingerprint density at radius 2 is 1.65 bits per heavy atom. The van der Waals surface area contributed by atoms with Crippen LogP contribution in [0.25, 0.3) is 0 Å². The van der Waals surface area contributed by atoms with Crippen molar-refractivity contribution in [3.8, 4) is 0 Å². The Morgan fingerprint density at radius 3 is 2.23 bits per heavy atom. The number of fused-ring (bicyclic) bond motifs is 1. The van der Waals surface area contributed by atoms with Crippen molar-refractivity contribution < 1.29 is 13.2 Å². The second-order valence-corrected chi connectivity index (χ2v) is 8.71. The minimum atomic E-state index is -3.81. The zero-order chi connectivity index (χ0) is 19.1. The Balaban J connectivity index is 2.14. The smallest absolute Gasteiger partial charge is 0.244 e. The summed E-state index contributed by atoms with van der Waals surface area (Å²) >= 11 is 0. The molecule has 1 N–H and O–H groups in total. The van der Waals surface area contributed by atoms with E-state index < -0.39 is 16.1 Å². The second-order valence-electron chi connectivity index (χ2n) is 6.88. The molecule has 0 saturated heterocycles. The molecule has 0 fully saturated rings. The Morgan fingerprint density at radius 1 is 1.08 bits per heavy atom. The normalized spacial score (nSPS) is 17.6. The minimum absolute atomic E-state index is 0.198. The second kappa shape index (κ2) is 6.85. The van der Waals surface area contributed by atoms with Gasteiger partial charge in [-0.3, -0.25) is 4.79 Å². The fourth-order valence-electron chi connectivity index (χ4n) is 3.83. The number of hydrogen-bond donors (Lipinski definition) is 1. The van der Waals surface area contributed by atoms with Crippen LogP contribution in [0.4, 0.5) is 0 Å². The molecule has 0 aromatic heterocycles. The SMILES string of the molecule is CNC(=O)C1Cc2ccccc2CN1S(=O)(=O)c1c(C)cc(C)cc1C. The maximum atomic E-state index is 13.5. The maximum absolute atomic E-state index is 13.5. The molecule has 2 aromatic carbocycles. The third-order valence-corrected chi connectivity index (χ3v) is 7.09. The van der Waals surface area contributed by atoms with Crippen LogP contribution in [0.1, 0.15) is 27.8 Å². The quantitative estimate of drug-likeness (QED) is 0.900. The lowest BCUT2D eigenvalue weighted by Crippen LogP contribution is -2.52. The van der Waals surface area contributed by atoms with Gasteiger partial charge in [0.15, 0.2) is 0 Å². The summed E-state index contributed by atoms with van der Waals surface area (Å²) in [5.41, 5.74) is 4.39. The zero-order valence-corrected chi connectivity index (χ0v) is 16.4. The Kier molecular flexibility index (Phi) is 4.90. The first-order chi connectivity index (χ1) is 12.3. The lowest BCUT2D eigenvalue weighted by atomic mass is 9.95. The van der Waals surface area contributed by atoms with Crippen molar-refractivity contribution >= 4 is 15.9 Å². The molecule has 138 valence electrons. The van der Waals surface area contributed by atoms with Gasteiger partial charge in [-0.2, -0.15) is 4.31 Å². The summed E-state index contributed by atoms with van der Waals surface area (Å²) in [5, 5.41) is 2.61. The molecule has 0 aliphatic carbocycles. The van der Waals surface area contributed by atoms with Crippen LogP contribution in [0.5, 0.6) is 0 Å². The average Bonchev–Trinajstić information content (AvgIpc) is 2.58. The third-order valence-electron chi connectivity index (χ3n) is 4.93. The fraction of sp³-hybridized carbons (Fsp3) is 0.350. The first kappa shape index (κ1) is 18.6. The van der Waals surface area contributed by atoms with Crippen molar-refractivity contribution in [3.63, 3.8) is 0 Å². The van der Waals surface area contributed by atoms with E-state index in [2.05, 4.69) is 5.32 Å². The number of aryl methyl sites for hydroxylation is 3. The summed E-state index contributed by atoms with van der Waals surface area (Å²) in [4.78, 5) is 12.8. The molecule has 1 atom stereocenters. The number of carbonyl (C=O) groups is 1. The van der Waals surface area contributed by atoms with Crippen LogP contribution in [0.3, 0.4) is 0 Å². The van der Waals surface area contributed by atoms with Gasteiger partial charge in [0.25, 0.3) is 0 Å². The van der Waals surface area contributed by atoms with Crippen molar-refractivity contribution in [3.05, 3.63) is 64.2 Å². The van der Waals surface area contributed by atoms with Crippen molar-refractivity contribution in [2.24, 2.45) is 0 Å². The highest BCUT2D eigenvalue weighted by Gasteiger charge is 2.40. The fourth-order valence-corrected chi connectivity index (χ4v) is 5.81. The largest absolute Gasteiger partial charge is 0.358 e. The van der Waals surface area contributed by atoms with Gasteiger partial charge in [-0.05, 0) is 49.4 Å². The molecule has 2 aromatic rings. The molecule has 1 aliphatic rings. The predicted octanol–water partition coefficient (Wildman–Crippen LogP) is 2.47. The molecular weight excluding hydrogens is 348 g/mol. The average molecular weight is 372 g/mol. The molecule has 0 saturated carbocycles. The van der Waals surface area contributed by atoms with Gasteiger partial charge >= 0.3 is 0 Å².